The van der Waals surface area contributed by atoms with Gasteiger partial charge in [-0.15, -0.1) is 11.3 Å². The molecule has 0 fully saturated rings. The van der Waals surface area contributed by atoms with Crippen molar-refractivity contribution in [2.24, 2.45) is 0 Å². The third-order valence-electron chi connectivity index (χ3n) is 4.05. The SMILES string of the molecule is CCCNC(=O)CN(C)Cc1nc2scc(-c3ccc(Cl)cc3)c2c(=O)[nH]1. The van der Waals surface area contributed by atoms with Crippen molar-refractivity contribution in [3.63, 3.8) is 0 Å². The number of fused-ring (bicyclic) bond motifs is 1. The fourth-order valence-corrected chi connectivity index (χ4v) is 3.88. The number of hydrogen-bond donors (Lipinski definition) is 2. The van der Waals surface area contributed by atoms with Crippen LogP contribution in [0.15, 0.2) is 34.4 Å². The van der Waals surface area contributed by atoms with Crippen LogP contribution < -0.4 is 10.9 Å². The standard InChI is InChI=1S/C19H21ClN4O2S/c1-3-8-21-16(25)10-24(2)9-15-22-18(26)17-14(11-27-19(17)23-15)12-4-6-13(20)7-5-12/h4-7,11H,3,8-10H2,1-2H3,(H,21,25)(H,22,23,26). The fourth-order valence-electron chi connectivity index (χ4n) is 2.79. The second kappa shape index (κ2) is 8.65. The number of hydrogen-bond acceptors (Lipinski definition) is 5. The van der Waals surface area contributed by atoms with Gasteiger partial charge in [0.2, 0.25) is 5.91 Å². The molecule has 0 aliphatic carbocycles. The third kappa shape index (κ3) is 4.74. The van der Waals surface area contributed by atoms with Gasteiger partial charge in [-0.2, -0.15) is 0 Å². The number of halogens is 1. The maximum Gasteiger partial charge on any atom is 0.260 e. The van der Waals surface area contributed by atoms with Gasteiger partial charge < -0.3 is 10.3 Å². The van der Waals surface area contributed by atoms with E-state index in [0.717, 1.165) is 17.5 Å². The molecule has 142 valence electrons. The van der Waals surface area contributed by atoms with Crippen LogP contribution in [-0.4, -0.2) is 40.9 Å². The molecule has 2 N–H and O–H groups in total. The number of amides is 1. The second-order valence-electron chi connectivity index (χ2n) is 6.37. The molecule has 0 aliphatic heterocycles. The molecule has 3 aromatic rings. The van der Waals surface area contributed by atoms with E-state index in [1.807, 2.05) is 36.4 Å². The summed E-state index contributed by atoms with van der Waals surface area (Å²) in [6.07, 6.45) is 0.898. The van der Waals surface area contributed by atoms with Crippen LogP contribution in [-0.2, 0) is 11.3 Å². The molecule has 27 heavy (non-hydrogen) atoms. The summed E-state index contributed by atoms with van der Waals surface area (Å²) >= 11 is 7.38. The fraction of sp³-hybridized carbons (Fsp3) is 0.316. The van der Waals surface area contributed by atoms with Crippen molar-refractivity contribution in [1.82, 2.24) is 20.2 Å². The summed E-state index contributed by atoms with van der Waals surface area (Å²) in [5.74, 6) is 0.506. The van der Waals surface area contributed by atoms with Gasteiger partial charge in [0, 0.05) is 22.5 Å². The summed E-state index contributed by atoms with van der Waals surface area (Å²) in [5.41, 5.74) is 1.60. The van der Waals surface area contributed by atoms with Crippen molar-refractivity contribution in [3.05, 3.63) is 50.8 Å². The number of nitrogens with one attached hydrogen (secondary N) is 2. The molecule has 2 heterocycles. The first kappa shape index (κ1) is 19.5. The molecular weight excluding hydrogens is 384 g/mol. The molecule has 1 amide bonds. The molecule has 0 atom stereocenters. The minimum Gasteiger partial charge on any atom is -0.355 e. The number of likely N-dealkylation sites (N-methyl/N-ethyl adjacent to an activating group) is 1. The molecule has 1 aromatic carbocycles. The highest BCUT2D eigenvalue weighted by Gasteiger charge is 2.14. The average molecular weight is 405 g/mol. The summed E-state index contributed by atoms with van der Waals surface area (Å²) in [5, 5.41) is 6.00. The van der Waals surface area contributed by atoms with Gasteiger partial charge in [0.05, 0.1) is 18.5 Å². The normalized spacial score (nSPS) is 11.3. The van der Waals surface area contributed by atoms with E-state index in [4.69, 9.17) is 11.6 Å². The monoisotopic (exact) mass is 404 g/mol. The first-order chi connectivity index (χ1) is 13.0. The smallest absolute Gasteiger partial charge is 0.260 e. The van der Waals surface area contributed by atoms with E-state index in [1.165, 1.54) is 11.3 Å². The third-order valence-corrected chi connectivity index (χ3v) is 5.18. The highest BCUT2D eigenvalue weighted by atomic mass is 35.5. The lowest BCUT2D eigenvalue weighted by molar-refractivity contribution is -0.122. The first-order valence-corrected chi connectivity index (χ1v) is 9.95. The quantitative estimate of drug-likeness (QED) is 0.633. The summed E-state index contributed by atoms with van der Waals surface area (Å²) in [7, 11) is 1.82. The Morgan fingerprint density at radius 3 is 2.78 bits per heavy atom. The van der Waals surface area contributed by atoms with Crippen molar-refractivity contribution >= 4 is 39.1 Å². The maximum atomic E-state index is 12.7. The molecule has 0 radical (unpaired) electrons. The molecule has 0 bridgehead atoms. The zero-order valence-corrected chi connectivity index (χ0v) is 16.8. The summed E-state index contributed by atoms with van der Waals surface area (Å²) < 4.78 is 0. The lowest BCUT2D eigenvalue weighted by Crippen LogP contribution is -2.35. The van der Waals surface area contributed by atoms with E-state index < -0.39 is 0 Å². The van der Waals surface area contributed by atoms with Crippen LogP contribution in [0.4, 0.5) is 0 Å². The number of H-pyrrole nitrogens is 1. The molecule has 3 rings (SSSR count). The summed E-state index contributed by atoms with van der Waals surface area (Å²) in [6.45, 7) is 3.31. The van der Waals surface area contributed by atoms with Gasteiger partial charge in [-0.3, -0.25) is 14.5 Å². The number of rotatable bonds is 7. The molecule has 0 aliphatic rings. The van der Waals surface area contributed by atoms with Crippen LogP contribution in [0, 0.1) is 0 Å². The topological polar surface area (TPSA) is 78.1 Å². The van der Waals surface area contributed by atoms with Crippen molar-refractivity contribution in [1.29, 1.82) is 0 Å². The molecule has 6 nitrogen and oxygen atoms in total. The Hall–Kier alpha value is -2.22. The summed E-state index contributed by atoms with van der Waals surface area (Å²) in [4.78, 5) is 34.4. The van der Waals surface area contributed by atoms with E-state index in [2.05, 4.69) is 15.3 Å². The van der Waals surface area contributed by atoms with Crippen molar-refractivity contribution in [2.45, 2.75) is 19.9 Å². The zero-order valence-electron chi connectivity index (χ0n) is 15.2. The number of aromatic amines is 1. The Bertz CT molecular complexity index is 997. The molecule has 0 saturated heterocycles. The molecular formula is C19H21ClN4O2S. The van der Waals surface area contributed by atoms with E-state index in [0.29, 0.717) is 34.2 Å². The van der Waals surface area contributed by atoms with Crippen LogP contribution in [0.3, 0.4) is 0 Å². The molecule has 8 heteroatoms. The van der Waals surface area contributed by atoms with Gasteiger partial charge in [-0.25, -0.2) is 4.98 Å². The molecule has 0 unspecified atom stereocenters. The van der Waals surface area contributed by atoms with Crippen LogP contribution in [0.1, 0.15) is 19.2 Å². The van der Waals surface area contributed by atoms with Crippen molar-refractivity contribution in [3.8, 4) is 11.1 Å². The predicted molar refractivity (Wildman–Crippen MR) is 110 cm³/mol. The first-order valence-electron chi connectivity index (χ1n) is 8.69. The van der Waals surface area contributed by atoms with Crippen LogP contribution in [0.25, 0.3) is 21.3 Å². The minimum absolute atomic E-state index is 0.0380. The van der Waals surface area contributed by atoms with Gasteiger partial charge in [0.15, 0.2) is 0 Å². The van der Waals surface area contributed by atoms with Gasteiger partial charge in [-0.1, -0.05) is 30.7 Å². The number of carbonyl (C=O) groups is 1. The average Bonchev–Trinajstić information content (AvgIpc) is 3.05. The highest BCUT2D eigenvalue weighted by Crippen LogP contribution is 2.31. The van der Waals surface area contributed by atoms with E-state index >= 15 is 0 Å². The molecule has 0 spiro atoms. The van der Waals surface area contributed by atoms with Gasteiger partial charge in [-0.05, 0) is 31.2 Å². The molecule has 2 aromatic heterocycles. The Morgan fingerprint density at radius 2 is 2.07 bits per heavy atom. The van der Waals surface area contributed by atoms with E-state index in [9.17, 15) is 9.59 Å². The largest absolute Gasteiger partial charge is 0.355 e. The minimum atomic E-state index is -0.176. The number of carbonyl (C=O) groups excluding carboxylic acids is 1. The Morgan fingerprint density at radius 1 is 1.33 bits per heavy atom. The van der Waals surface area contributed by atoms with Gasteiger partial charge in [0.1, 0.15) is 10.7 Å². The number of benzene rings is 1. The number of aromatic nitrogens is 2. The number of nitrogens with zero attached hydrogens (tertiary/aromatic N) is 2. The lowest BCUT2D eigenvalue weighted by Gasteiger charge is -2.15. The van der Waals surface area contributed by atoms with Crippen molar-refractivity contribution in [2.75, 3.05) is 20.1 Å². The van der Waals surface area contributed by atoms with Gasteiger partial charge in [0.25, 0.3) is 5.56 Å². The second-order valence-corrected chi connectivity index (χ2v) is 7.67. The zero-order chi connectivity index (χ0) is 19.4. The van der Waals surface area contributed by atoms with E-state index in [1.54, 1.807) is 12.1 Å². The van der Waals surface area contributed by atoms with Crippen molar-refractivity contribution < 1.29 is 4.79 Å². The Labute approximate surface area is 166 Å². The maximum absolute atomic E-state index is 12.7. The lowest BCUT2D eigenvalue weighted by atomic mass is 10.1. The van der Waals surface area contributed by atoms with Gasteiger partial charge >= 0.3 is 0 Å². The van der Waals surface area contributed by atoms with Crippen LogP contribution in [0.2, 0.25) is 5.02 Å². The Balaban J connectivity index is 1.81. The van der Waals surface area contributed by atoms with E-state index in [-0.39, 0.29) is 18.0 Å². The summed E-state index contributed by atoms with van der Waals surface area (Å²) in [6, 6.07) is 7.38. The number of thiophene rings is 1. The Kier molecular flexibility index (Phi) is 6.26. The van der Waals surface area contributed by atoms with Crippen LogP contribution in [0.5, 0.6) is 0 Å². The predicted octanol–water partition coefficient (Wildman–Crippen LogP) is 3.26. The molecule has 0 saturated carbocycles. The highest BCUT2D eigenvalue weighted by molar-refractivity contribution is 7.17. The van der Waals surface area contributed by atoms with Crippen LogP contribution >= 0.6 is 22.9 Å².